The molecule has 0 aliphatic rings. The third kappa shape index (κ3) is 5.82. The fourth-order valence-corrected chi connectivity index (χ4v) is 3.31. The Morgan fingerprint density at radius 3 is 2.59 bits per heavy atom. The third-order valence-corrected chi connectivity index (χ3v) is 5.36. The van der Waals surface area contributed by atoms with Crippen LogP contribution in [0.4, 0.5) is 5.69 Å². The van der Waals surface area contributed by atoms with Crippen molar-refractivity contribution in [3.63, 3.8) is 0 Å². The number of hydrogen-bond donors (Lipinski definition) is 1. The number of benzene rings is 3. The summed E-state index contributed by atoms with van der Waals surface area (Å²) in [6.07, 6.45) is 1.46. The van der Waals surface area contributed by atoms with E-state index < -0.39 is 5.91 Å². The molecule has 1 N–H and O–H groups in total. The maximum atomic E-state index is 12.6. The molecule has 3 aromatic rings. The van der Waals surface area contributed by atoms with Crippen LogP contribution in [0.5, 0.6) is 11.5 Å². The average Bonchev–Trinajstić information content (AvgIpc) is 2.79. The van der Waals surface area contributed by atoms with Crippen molar-refractivity contribution in [3.05, 3.63) is 93.0 Å². The highest BCUT2D eigenvalue weighted by molar-refractivity contribution is 6.44. The summed E-state index contributed by atoms with van der Waals surface area (Å²) in [6, 6.07) is 20.0. The number of aryl methyl sites for hydroxylation is 1. The summed E-state index contributed by atoms with van der Waals surface area (Å²) < 4.78 is 11.3. The molecule has 0 aliphatic carbocycles. The van der Waals surface area contributed by atoms with Crippen LogP contribution >= 0.6 is 23.2 Å². The molecule has 0 unspecified atom stereocenters. The van der Waals surface area contributed by atoms with Crippen LogP contribution in [0.15, 0.2) is 66.2 Å². The number of rotatable bonds is 7. The minimum atomic E-state index is -0.601. The molecule has 0 radical (unpaired) electrons. The number of carbonyl (C=O) groups is 1. The lowest BCUT2D eigenvalue weighted by Crippen LogP contribution is -2.13. The van der Waals surface area contributed by atoms with Gasteiger partial charge in [-0.25, -0.2) is 0 Å². The van der Waals surface area contributed by atoms with Crippen LogP contribution in [0.25, 0.3) is 6.08 Å². The molecule has 1 amide bonds. The van der Waals surface area contributed by atoms with Gasteiger partial charge in [-0.2, -0.15) is 5.26 Å². The number of nitrogens with one attached hydrogen (secondary N) is 1. The lowest BCUT2D eigenvalue weighted by atomic mass is 10.1. The van der Waals surface area contributed by atoms with E-state index in [0.29, 0.717) is 34.4 Å². The van der Waals surface area contributed by atoms with Gasteiger partial charge in [0.25, 0.3) is 5.91 Å². The largest absolute Gasteiger partial charge is 0.493 e. The average molecular weight is 467 g/mol. The van der Waals surface area contributed by atoms with Crippen LogP contribution < -0.4 is 14.8 Å². The van der Waals surface area contributed by atoms with Crippen LogP contribution in [0, 0.1) is 18.3 Å². The first-order chi connectivity index (χ1) is 15.4. The zero-order chi connectivity index (χ0) is 23.1. The lowest BCUT2D eigenvalue weighted by Gasteiger charge is -2.12. The van der Waals surface area contributed by atoms with Crippen molar-refractivity contribution in [2.24, 2.45) is 0 Å². The van der Waals surface area contributed by atoms with Gasteiger partial charge in [-0.1, -0.05) is 65.2 Å². The zero-order valence-electron chi connectivity index (χ0n) is 17.5. The van der Waals surface area contributed by atoms with Crippen molar-refractivity contribution in [2.45, 2.75) is 13.5 Å². The molecule has 5 nitrogen and oxygen atoms in total. The van der Waals surface area contributed by atoms with E-state index in [4.69, 9.17) is 32.7 Å². The lowest BCUT2D eigenvalue weighted by molar-refractivity contribution is -0.112. The maximum absolute atomic E-state index is 12.6. The molecule has 3 rings (SSSR count). The number of halogens is 2. The molecular weight excluding hydrogens is 447 g/mol. The Labute approximate surface area is 196 Å². The van der Waals surface area contributed by atoms with Crippen molar-refractivity contribution in [3.8, 4) is 17.6 Å². The zero-order valence-corrected chi connectivity index (χ0v) is 19.0. The molecule has 0 aromatic heterocycles. The van der Waals surface area contributed by atoms with Crippen LogP contribution in [0.1, 0.15) is 16.7 Å². The van der Waals surface area contributed by atoms with E-state index >= 15 is 0 Å². The third-order valence-electron chi connectivity index (χ3n) is 4.54. The summed E-state index contributed by atoms with van der Waals surface area (Å²) in [5.74, 6) is 0.442. The van der Waals surface area contributed by atoms with Gasteiger partial charge in [-0.3, -0.25) is 4.79 Å². The van der Waals surface area contributed by atoms with E-state index in [9.17, 15) is 10.1 Å². The predicted octanol–water partition coefficient (Wildman–Crippen LogP) is 6.44. The molecule has 0 saturated carbocycles. The van der Waals surface area contributed by atoms with Gasteiger partial charge in [-0.05, 0) is 48.4 Å². The first-order valence-electron chi connectivity index (χ1n) is 9.65. The number of carbonyl (C=O) groups excluding carboxylic acids is 1. The van der Waals surface area contributed by atoms with Crippen molar-refractivity contribution >= 4 is 40.9 Å². The van der Waals surface area contributed by atoms with Gasteiger partial charge in [0.2, 0.25) is 0 Å². The first kappa shape index (κ1) is 23.2. The second-order valence-corrected chi connectivity index (χ2v) is 7.70. The topological polar surface area (TPSA) is 71.3 Å². The summed E-state index contributed by atoms with van der Waals surface area (Å²) in [4.78, 5) is 12.6. The van der Waals surface area contributed by atoms with E-state index in [1.54, 1.807) is 36.4 Å². The van der Waals surface area contributed by atoms with Crippen molar-refractivity contribution in [2.75, 3.05) is 12.4 Å². The molecular formula is C25H20Cl2N2O3. The SMILES string of the molecule is COc1cc(/C=C(/C#N)C(=O)Nc2cccc(Cl)c2Cl)ccc1OCc1cccc(C)c1. The Hall–Kier alpha value is -3.46. The molecule has 0 saturated heterocycles. The standard InChI is InChI=1S/C25H20Cl2N2O3/c1-16-5-3-6-18(11-16)15-32-22-10-9-17(13-23(22)31-2)12-19(14-28)25(30)29-21-8-4-7-20(26)24(21)27/h3-13H,15H2,1-2H3,(H,29,30)/b19-12-. The quantitative estimate of drug-likeness (QED) is 0.321. The van der Waals surface area contributed by atoms with Gasteiger partial charge in [-0.15, -0.1) is 0 Å². The molecule has 0 bridgehead atoms. The molecule has 162 valence electrons. The van der Waals surface area contributed by atoms with E-state index in [1.165, 1.54) is 13.2 Å². The summed E-state index contributed by atoms with van der Waals surface area (Å²) in [7, 11) is 1.53. The number of amides is 1. The predicted molar refractivity (Wildman–Crippen MR) is 127 cm³/mol. The first-order valence-corrected chi connectivity index (χ1v) is 10.4. The number of anilines is 1. The molecule has 32 heavy (non-hydrogen) atoms. The summed E-state index contributed by atoms with van der Waals surface area (Å²) in [5.41, 5.74) is 3.02. The minimum absolute atomic E-state index is 0.100. The van der Waals surface area contributed by atoms with Gasteiger partial charge < -0.3 is 14.8 Å². The molecule has 0 fully saturated rings. The Balaban J connectivity index is 1.77. The molecule has 0 heterocycles. The van der Waals surface area contributed by atoms with Crippen LogP contribution in [-0.2, 0) is 11.4 Å². The molecule has 7 heteroatoms. The summed E-state index contributed by atoms with van der Waals surface area (Å²) >= 11 is 12.1. The number of nitrogens with zero attached hydrogens (tertiary/aromatic N) is 1. The van der Waals surface area contributed by atoms with E-state index in [-0.39, 0.29) is 10.6 Å². The van der Waals surface area contributed by atoms with Gasteiger partial charge in [0.05, 0.1) is 22.8 Å². The highest BCUT2D eigenvalue weighted by Crippen LogP contribution is 2.31. The van der Waals surface area contributed by atoms with Crippen molar-refractivity contribution in [1.29, 1.82) is 5.26 Å². The number of nitriles is 1. The fraction of sp³-hybridized carbons (Fsp3) is 0.120. The highest BCUT2D eigenvalue weighted by Gasteiger charge is 2.14. The monoisotopic (exact) mass is 466 g/mol. The number of hydrogen-bond acceptors (Lipinski definition) is 4. The molecule has 0 aliphatic heterocycles. The van der Waals surface area contributed by atoms with Gasteiger partial charge in [0.1, 0.15) is 18.2 Å². The summed E-state index contributed by atoms with van der Waals surface area (Å²) in [5, 5.41) is 12.6. The van der Waals surface area contributed by atoms with E-state index in [0.717, 1.165) is 11.1 Å². The number of methoxy groups -OCH3 is 1. The fourth-order valence-electron chi connectivity index (χ4n) is 2.96. The van der Waals surface area contributed by atoms with E-state index in [1.807, 2.05) is 37.3 Å². The molecule has 0 spiro atoms. The number of ether oxygens (including phenoxy) is 2. The Kier molecular flexibility index (Phi) is 7.77. The minimum Gasteiger partial charge on any atom is -0.493 e. The van der Waals surface area contributed by atoms with Crippen LogP contribution in [0.2, 0.25) is 10.0 Å². The Morgan fingerprint density at radius 1 is 1.09 bits per heavy atom. The molecule has 0 atom stereocenters. The van der Waals surface area contributed by atoms with Crippen molar-refractivity contribution < 1.29 is 14.3 Å². The Bertz CT molecular complexity index is 1220. The summed E-state index contributed by atoms with van der Waals surface area (Å²) in [6.45, 7) is 2.41. The Morgan fingerprint density at radius 2 is 1.88 bits per heavy atom. The van der Waals surface area contributed by atoms with E-state index in [2.05, 4.69) is 5.32 Å². The van der Waals surface area contributed by atoms with Crippen molar-refractivity contribution in [1.82, 2.24) is 0 Å². The second-order valence-electron chi connectivity index (χ2n) is 6.91. The normalized spacial score (nSPS) is 10.9. The van der Waals surface area contributed by atoms with Crippen LogP contribution in [0.3, 0.4) is 0 Å². The van der Waals surface area contributed by atoms with Gasteiger partial charge in [0.15, 0.2) is 11.5 Å². The highest BCUT2D eigenvalue weighted by atomic mass is 35.5. The van der Waals surface area contributed by atoms with Gasteiger partial charge >= 0.3 is 0 Å². The van der Waals surface area contributed by atoms with Gasteiger partial charge in [0, 0.05) is 0 Å². The second kappa shape index (κ2) is 10.7. The smallest absolute Gasteiger partial charge is 0.266 e. The maximum Gasteiger partial charge on any atom is 0.266 e. The van der Waals surface area contributed by atoms with Crippen LogP contribution in [-0.4, -0.2) is 13.0 Å². The molecule has 3 aromatic carbocycles.